The average molecular weight is 320 g/mol. The van der Waals surface area contributed by atoms with Gasteiger partial charge in [-0.25, -0.2) is 0 Å². The highest BCUT2D eigenvalue weighted by Gasteiger charge is 2.35. The molecule has 0 saturated heterocycles. The quantitative estimate of drug-likeness (QED) is 0.855. The summed E-state index contributed by atoms with van der Waals surface area (Å²) >= 11 is 5.81. The Morgan fingerprint density at radius 3 is 2.64 bits per heavy atom. The van der Waals surface area contributed by atoms with Crippen molar-refractivity contribution in [1.29, 1.82) is 0 Å². The van der Waals surface area contributed by atoms with Gasteiger partial charge in [0, 0.05) is 23.4 Å². The third-order valence-electron chi connectivity index (χ3n) is 4.14. The molecule has 2 aromatic rings. The number of halogens is 1. The number of Topliss-reactive ketones (excluding diaryl/α,β-unsaturated/α-hetero) is 1. The van der Waals surface area contributed by atoms with E-state index in [1.54, 1.807) is 24.3 Å². The van der Waals surface area contributed by atoms with Crippen molar-refractivity contribution in [2.45, 2.75) is 44.1 Å². The molecule has 0 radical (unpaired) electrons. The molecule has 1 heterocycles. The van der Waals surface area contributed by atoms with Gasteiger partial charge in [0.2, 0.25) is 5.89 Å². The number of ketones is 1. The van der Waals surface area contributed by atoms with E-state index in [-0.39, 0.29) is 5.78 Å². The first-order chi connectivity index (χ1) is 10.6. The molecule has 116 valence electrons. The molecule has 1 aliphatic rings. The summed E-state index contributed by atoms with van der Waals surface area (Å²) in [7, 11) is 0. The molecule has 0 aliphatic heterocycles. The van der Waals surface area contributed by atoms with Crippen LogP contribution in [0.3, 0.4) is 0 Å². The van der Waals surface area contributed by atoms with Gasteiger partial charge in [0.15, 0.2) is 11.6 Å². The van der Waals surface area contributed by atoms with Crippen molar-refractivity contribution in [3.05, 3.63) is 46.6 Å². The van der Waals surface area contributed by atoms with Crippen LogP contribution in [-0.2, 0) is 12.0 Å². The zero-order chi connectivity index (χ0) is 15.6. The van der Waals surface area contributed by atoms with Crippen molar-refractivity contribution >= 4 is 17.4 Å². The maximum Gasteiger partial charge on any atom is 0.227 e. The molecule has 0 amide bonds. The summed E-state index contributed by atoms with van der Waals surface area (Å²) in [5.41, 5.74) is 6.47. The fraction of sp³-hybridized carbons (Fsp3) is 0.438. The summed E-state index contributed by atoms with van der Waals surface area (Å²) in [6.07, 6.45) is 4.70. The van der Waals surface area contributed by atoms with E-state index in [2.05, 4.69) is 10.1 Å². The van der Waals surface area contributed by atoms with Crippen LogP contribution < -0.4 is 5.73 Å². The molecule has 1 saturated carbocycles. The summed E-state index contributed by atoms with van der Waals surface area (Å²) in [6, 6.07) is 6.85. The second-order valence-corrected chi connectivity index (χ2v) is 6.24. The standard InChI is InChI=1S/C16H18ClN3O2/c17-12-5-3-11(4-6-12)13(21)7-8-14-19-15(20-22-14)16(18)9-1-2-10-16/h3-6H,1-2,7-10,18H2. The third kappa shape index (κ3) is 3.20. The van der Waals surface area contributed by atoms with Crippen LogP contribution in [0.15, 0.2) is 28.8 Å². The van der Waals surface area contributed by atoms with Gasteiger partial charge in [0.25, 0.3) is 0 Å². The minimum Gasteiger partial charge on any atom is -0.339 e. The van der Waals surface area contributed by atoms with Crippen molar-refractivity contribution in [1.82, 2.24) is 10.1 Å². The molecule has 3 rings (SSSR count). The Balaban J connectivity index is 1.61. The number of aromatic nitrogens is 2. The van der Waals surface area contributed by atoms with Gasteiger partial charge < -0.3 is 10.3 Å². The van der Waals surface area contributed by atoms with E-state index in [4.69, 9.17) is 21.9 Å². The Kier molecular flexibility index (Phi) is 4.27. The summed E-state index contributed by atoms with van der Waals surface area (Å²) in [6.45, 7) is 0. The number of hydrogen-bond acceptors (Lipinski definition) is 5. The zero-order valence-electron chi connectivity index (χ0n) is 12.2. The van der Waals surface area contributed by atoms with Crippen molar-refractivity contribution in [2.24, 2.45) is 5.73 Å². The normalized spacial score (nSPS) is 16.8. The number of nitrogens with two attached hydrogens (primary N) is 1. The van der Waals surface area contributed by atoms with Gasteiger partial charge in [0.1, 0.15) is 0 Å². The molecule has 5 nitrogen and oxygen atoms in total. The van der Waals surface area contributed by atoms with E-state index in [1.807, 2.05) is 0 Å². The van der Waals surface area contributed by atoms with Gasteiger partial charge in [-0.1, -0.05) is 29.6 Å². The molecule has 6 heteroatoms. The van der Waals surface area contributed by atoms with E-state index < -0.39 is 5.54 Å². The number of nitrogens with zero attached hydrogens (tertiary/aromatic N) is 2. The van der Waals surface area contributed by atoms with Gasteiger partial charge in [-0.2, -0.15) is 4.98 Å². The number of carbonyl (C=O) groups is 1. The third-order valence-corrected chi connectivity index (χ3v) is 4.39. The fourth-order valence-electron chi connectivity index (χ4n) is 2.79. The van der Waals surface area contributed by atoms with E-state index in [9.17, 15) is 4.79 Å². The van der Waals surface area contributed by atoms with Gasteiger partial charge >= 0.3 is 0 Å². The van der Waals surface area contributed by atoms with Crippen molar-refractivity contribution in [2.75, 3.05) is 0 Å². The number of carbonyl (C=O) groups excluding carboxylic acids is 1. The van der Waals surface area contributed by atoms with Crippen LogP contribution in [-0.4, -0.2) is 15.9 Å². The van der Waals surface area contributed by atoms with Gasteiger partial charge in [-0.15, -0.1) is 0 Å². The number of rotatable bonds is 5. The Labute approximate surface area is 133 Å². The first-order valence-corrected chi connectivity index (χ1v) is 7.85. The minimum absolute atomic E-state index is 0.0275. The number of benzene rings is 1. The fourth-order valence-corrected chi connectivity index (χ4v) is 2.91. The molecule has 0 bridgehead atoms. The van der Waals surface area contributed by atoms with Crippen LogP contribution in [0.1, 0.15) is 54.2 Å². The summed E-state index contributed by atoms with van der Waals surface area (Å²) in [4.78, 5) is 16.5. The smallest absolute Gasteiger partial charge is 0.227 e. The highest BCUT2D eigenvalue weighted by atomic mass is 35.5. The van der Waals surface area contributed by atoms with Crippen LogP contribution in [0, 0.1) is 0 Å². The minimum atomic E-state index is -0.456. The molecule has 1 aromatic carbocycles. The maximum absolute atomic E-state index is 12.1. The van der Waals surface area contributed by atoms with Crippen molar-refractivity contribution < 1.29 is 9.32 Å². The average Bonchev–Trinajstić information content (AvgIpc) is 3.15. The van der Waals surface area contributed by atoms with E-state index in [0.717, 1.165) is 25.7 Å². The summed E-state index contributed by atoms with van der Waals surface area (Å²) in [5.74, 6) is 1.06. The zero-order valence-corrected chi connectivity index (χ0v) is 13.0. The van der Waals surface area contributed by atoms with Crippen LogP contribution in [0.4, 0.5) is 0 Å². The molecule has 0 unspecified atom stereocenters. The lowest BCUT2D eigenvalue weighted by Crippen LogP contribution is -2.34. The van der Waals surface area contributed by atoms with Crippen molar-refractivity contribution in [3.63, 3.8) is 0 Å². The second kappa shape index (κ2) is 6.18. The first-order valence-electron chi connectivity index (χ1n) is 7.47. The van der Waals surface area contributed by atoms with Gasteiger partial charge in [-0.05, 0) is 37.1 Å². The maximum atomic E-state index is 12.1. The lowest BCUT2D eigenvalue weighted by Gasteiger charge is -2.17. The molecule has 0 atom stereocenters. The monoisotopic (exact) mass is 319 g/mol. The Morgan fingerprint density at radius 1 is 1.27 bits per heavy atom. The van der Waals surface area contributed by atoms with Gasteiger partial charge in [0.05, 0.1) is 5.54 Å². The summed E-state index contributed by atoms with van der Waals surface area (Å²) in [5, 5.41) is 4.61. The second-order valence-electron chi connectivity index (χ2n) is 5.81. The predicted molar refractivity (Wildman–Crippen MR) is 82.7 cm³/mol. The topological polar surface area (TPSA) is 82.0 Å². The van der Waals surface area contributed by atoms with Crippen LogP contribution in [0.25, 0.3) is 0 Å². The molecule has 2 N–H and O–H groups in total. The molecule has 22 heavy (non-hydrogen) atoms. The Bertz CT molecular complexity index is 660. The summed E-state index contributed by atoms with van der Waals surface area (Å²) < 4.78 is 5.23. The molecule has 0 spiro atoms. The first kappa shape index (κ1) is 15.2. The Morgan fingerprint density at radius 2 is 1.95 bits per heavy atom. The highest BCUT2D eigenvalue weighted by molar-refractivity contribution is 6.30. The number of aryl methyl sites for hydroxylation is 1. The molecular weight excluding hydrogens is 302 g/mol. The van der Waals surface area contributed by atoms with E-state index in [0.29, 0.717) is 35.1 Å². The van der Waals surface area contributed by atoms with E-state index >= 15 is 0 Å². The lowest BCUT2D eigenvalue weighted by atomic mass is 9.99. The van der Waals surface area contributed by atoms with Crippen LogP contribution in [0.5, 0.6) is 0 Å². The van der Waals surface area contributed by atoms with Crippen LogP contribution in [0.2, 0.25) is 5.02 Å². The van der Waals surface area contributed by atoms with Crippen LogP contribution >= 0.6 is 11.6 Å². The van der Waals surface area contributed by atoms with Crippen molar-refractivity contribution in [3.8, 4) is 0 Å². The SMILES string of the molecule is NC1(c2noc(CCC(=O)c3ccc(Cl)cc3)n2)CCCC1. The van der Waals surface area contributed by atoms with Gasteiger partial charge in [-0.3, -0.25) is 4.79 Å². The highest BCUT2D eigenvalue weighted by Crippen LogP contribution is 2.34. The lowest BCUT2D eigenvalue weighted by molar-refractivity contribution is 0.0979. The molecular formula is C16H18ClN3O2. The molecule has 1 aliphatic carbocycles. The van der Waals surface area contributed by atoms with E-state index in [1.165, 1.54) is 0 Å². The number of hydrogen-bond donors (Lipinski definition) is 1. The molecule has 1 fully saturated rings. The largest absolute Gasteiger partial charge is 0.339 e. The molecule has 1 aromatic heterocycles. The Hall–Kier alpha value is -1.72. The predicted octanol–water partition coefficient (Wildman–Crippen LogP) is 3.27.